The minimum Gasteiger partial charge on any atom is -0.495 e. The van der Waals surface area contributed by atoms with E-state index < -0.39 is 0 Å². The van der Waals surface area contributed by atoms with Gasteiger partial charge in [-0.15, -0.1) is 5.10 Å². The molecule has 2 aromatic heterocycles. The van der Waals surface area contributed by atoms with E-state index in [0.717, 1.165) is 22.0 Å². The quantitative estimate of drug-likeness (QED) is 0.892. The second-order valence-electron chi connectivity index (χ2n) is 3.54. The van der Waals surface area contributed by atoms with Crippen LogP contribution in [0, 0.1) is 6.92 Å². The third-order valence-electron chi connectivity index (χ3n) is 2.53. The zero-order valence-electron chi connectivity index (χ0n) is 9.97. The minimum atomic E-state index is -0.0360. The molecule has 2 heterocycles. The van der Waals surface area contributed by atoms with Gasteiger partial charge in [0, 0.05) is 6.20 Å². The molecule has 0 bridgehead atoms. The molecule has 0 fully saturated rings. The number of aromatic nitrogens is 3. The van der Waals surface area contributed by atoms with Crippen molar-refractivity contribution in [1.29, 1.82) is 0 Å². The van der Waals surface area contributed by atoms with E-state index >= 15 is 0 Å². The Kier molecular flexibility index (Phi) is 3.65. The van der Waals surface area contributed by atoms with E-state index in [0.29, 0.717) is 0 Å². The van der Waals surface area contributed by atoms with Crippen molar-refractivity contribution >= 4 is 11.5 Å². The summed E-state index contributed by atoms with van der Waals surface area (Å²) in [6.45, 7) is 1.94. The summed E-state index contributed by atoms with van der Waals surface area (Å²) in [4.78, 5) is 5.44. The van der Waals surface area contributed by atoms with Crippen LogP contribution in [0.5, 0.6) is 5.75 Å². The first-order valence-electron chi connectivity index (χ1n) is 5.23. The van der Waals surface area contributed by atoms with Gasteiger partial charge in [0.25, 0.3) is 0 Å². The predicted octanol–water partition coefficient (Wildman–Crippen LogP) is 1.56. The highest BCUT2D eigenvalue weighted by Gasteiger charge is 2.22. The number of rotatable bonds is 4. The average molecular weight is 250 g/mol. The van der Waals surface area contributed by atoms with Crippen LogP contribution >= 0.6 is 11.5 Å². The second kappa shape index (κ2) is 5.20. The first kappa shape index (κ1) is 11.9. The van der Waals surface area contributed by atoms with Crippen molar-refractivity contribution in [3.8, 4) is 5.75 Å². The zero-order chi connectivity index (χ0) is 12.3. The van der Waals surface area contributed by atoms with Crippen LogP contribution in [0.1, 0.15) is 22.3 Å². The largest absolute Gasteiger partial charge is 0.495 e. The van der Waals surface area contributed by atoms with Crippen molar-refractivity contribution in [3.63, 3.8) is 0 Å². The van der Waals surface area contributed by atoms with E-state index in [1.54, 1.807) is 13.3 Å². The van der Waals surface area contributed by atoms with Crippen LogP contribution in [-0.2, 0) is 0 Å². The second-order valence-corrected chi connectivity index (χ2v) is 4.32. The van der Waals surface area contributed by atoms with Gasteiger partial charge >= 0.3 is 0 Å². The molecule has 5 nitrogen and oxygen atoms in total. The maximum atomic E-state index is 5.33. The monoisotopic (exact) mass is 250 g/mol. The van der Waals surface area contributed by atoms with Crippen molar-refractivity contribution in [2.24, 2.45) is 0 Å². The summed E-state index contributed by atoms with van der Waals surface area (Å²) in [5, 5.41) is 7.25. The summed E-state index contributed by atoms with van der Waals surface area (Å²) in [6, 6.07) is 3.72. The lowest BCUT2D eigenvalue weighted by Gasteiger charge is -2.16. The van der Waals surface area contributed by atoms with Crippen LogP contribution < -0.4 is 10.1 Å². The minimum absolute atomic E-state index is 0.0360. The van der Waals surface area contributed by atoms with Gasteiger partial charge in [-0.3, -0.25) is 4.98 Å². The Bertz CT molecular complexity index is 500. The molecule has 0 aliphatic rings. The smallest absolute Gasteiger partial charge is 0.142 e. The van der Waals surface area contributed by atoms with E-state index in [1.807, 2.05) is 26.1 Å². The topological polar surface area (TPSA) is 59.9 Å². The van der Waals surface area contributed by atoms with Gasteiger partial charge in [-0.05, 0) is 37.6 Å². The molecule has 2 aromatic rings. The van der Waals surface area contributed by atoms with Crippen LogP contribution in [0.3, 0.4) is 0 Å². The number of aryl methyl sites for hydroxylation is 1. The van der Waals surface area contributed by atoms with Crippen molar-refractivity contribution in [3.05, 3.63) is 34.6 Å². The maximum Gasteiger partial charge on any atom is 0.142 e. The summed E-state index contributed by atoms with van der Waals surface area (Å²) < 4.78 is 9.28. The van der Waals surface area contributed by atoms with Gasteiger partial charge in [-0.1, -0.05) is 4.49 Å². The number of hydrogen-bond donors (Lipinski definition) is 1. The van der Waals surface area contributed by atoms with Crippen LogP contribution in [0.4, 0.5) is 0 Å². The van der Waals surface area contributed by atoms with Crippen molar-refractivity contribution < 1.29 is 4.74 Å². The molecular weight excluding hydrogens is 236 g/mol. The Balaban J connectivity index is 2.46. The number of nitrogens with zero attached hydrogens (tertiary/aromatic N) is 3. The number of ether oxygens (including phenoxy) is 1. The predicted molar refractivity (Wildman–Crippen MR) is 66.3 cm³/mol. The molecule has 0 aliphatic carbocycles. The molecule has 0 radical (unpaired) electrons. The zero-order valence-corrected chi connectivity index (χ0v) is 10.8. The highest BCUT2D eigenvalue weighted by Crippen LogP contribution is 2.30. The van der Waals surface area contributed by atoms with Crippen LogP contribution in [0.25, 0.3) is 0 Å². The summed E-state index contributed by atoms with van der Waals surface area (Å²) >= 11 is 1.38. The van der Waals surface area contributed by atoms with Gasteiger partial charge in [0.15, 0.2) is 0 Å². The summed E-state index contributed by atoms with van der Waals surface area (Å²) in [5.74, 6) is 0.764. The Morgan fingerprint density at radius 1 is 1.47 bits per heavy atom. The maximum absolute atomic E-state index is 5.33. The molecule has 1 atom stereocenters. The number of nitrogens with one attached hydrogen (secondary N) is 1. The normalized spacial score (nSPS) is 12.4. The standard InChI is InChI=1S/C11H14N4OS/c1-7-11(17-15-14-7)10(12-2)9-8(16-3)5-4-6-13-9/h4-6,10,12H,1-3H3. The van der Waals surface area contributed by atoms with Gasteiger partial charge in [0.1, 0.15) is 11.4 Å². The summed E-state index contributed by atoms with van der Waals surface area (Å²) in [6.07, 6.45) is 1.76. The summed E-state index contributed by atoms with van der Waals surface area (Å²) in [7, 11) is 3.53. The van der Waals surface area contributed by atoms with E-state index in [2.05, 4.69) is 19.9 Å². The van der Waals surface area contributed by atoms with Crippen LogP contribution in [0.2, 0.25) is 0 Å². The molecule has 0 aliphatic heterocycles. The van der Waals surface area contributed by atoms with Gasteiger partial charge in [0.05, 0.1) is 23.7 Å². The van der Waals surface area contributed by atoms with Crippen LogP contribution in [-0.4, -0.2) is 28.7 Å². The van der Waals surface area contributed by atoms with Gasteiger partial charge in [0.2, 0.25) is 0 Å². The van der Waals surface area contributed by atoms with Crippen molar-refractivity contribution in [2.75, 3.05) is 14.2 Å². The molecular formula is C11H14N4OS. The Hall–Kier alpha value is -1.53. The van der Waals surface area contributed by atoms with E-state index in [1.165, 1.54) is 11.5 Å². The van der Waals surface area contributed by atoms with Gasteiger partial charge < -0.3 is 10.1 Å². The Morgan fingerprint density at radius 2 is 2.29 bits per heavy atom. The Labute approximate surface area is 104 Å². The molecule has 0 spiro atoms. The molecule has 1 N–H and O–H groups in total. The third kappa shape index (κ3) is 2.27. The number of hydrogen-bond acceptors (Lipinski definition) is 6. The average Bonchev–Trinajstić information content (AvgIpc) is 2.78. The Morgan fingerprint density at radius 3 is 2.88 bits per heavy atom. The fourth-order valence-electron chi connectivity index (χ4n) is 1.69. The fourth-order valence-corrected chi connectivity index (χ4v) is 2.45. The lowest BCUT2D eigenvalue weighted by molar-refractivity contribution is 0.402. The fraction of sp³-hybridized carbons (Fsp3) is 0.364. The van der Waals surface area contributed by atoms with E-state index in [-0.39, 0.29) is 6.04 Å². The number of methoxy groups -OCH3 is 1. The first-order valence-corrected chi connectivity index (χ1v) is 6.00. The SMILES string of the molecule is CNC(c1ncccc1OC)c1snnc1C. The van der Waals surface area contributed by atoms with Crippen molar-refractivity contribution in [2.45, 2.75) is 13.0 Å². The molecule has 90 valence electrons. The molecule has 0 amide bonds. The van der Waals surface area contributed by atoms with Gasteiger partial charge in [-0.25, -0.2) is 0 Å². The number of pyridine rings is 1. The lowest BCUT2D eigenvalue weighted by Crippen LogP contribution is -2.19. The molecule has 17 heavy (non-hydrogen) atoms. The van der Waals surface area contributed by atoms with Gasteiger partial charge in [-0.2, -0.15) is 0 Å². The molecule has 2 rings (SSSR count). The van der Waals surface area contributed by atoms with Crippen LogP contribution in [0.15, 0.2) is 18.3 Å². The molecule has 1 unspecified atom stereocenters. The third-order valence-corrected chi connectivity index (χ3v) is 3.42. The van der Waals surface area contributed by atoms with Crippen molar-refractivity contribution in [1.82, 2.24) is 19.9 Å². The van der Waals surface area contributed by atoms with E-state index in [9.17, 15) is 0 Å². The highest BCUT2D eigenvalue weighted by atomic mass is 32.1. The molecule has 0 saturated carbocycles. The molecule has 0 aromatic carbocycles. The lowest BCUT2D eigenvalue weighted by atomic mass is 10.1. The highest BCUT2D eigenvalue weighted by molar-refractivity contribution is 7.05. The van der Waals surface area contributed by atoms with E-state index in [4.69, 9.17) is 4.74 Å². The molecule has 6 heteroatoms. The first-order chi connectivity index (χ1) is 8.27. The molecule has 0 saturated heterocycles. The summed E-state index contributed by atoms with van der Waals surface area (Å²) in [5.41, 5.74) is 1.77.